The molecule has 7 aliphatic carbocycles. The van der Waals surface area contributed by atoms with Gasteiger partial charge in [-0.1, -0.05) is 52.3 Å². The lowest BCUT2D eigenvalue weighted by molar-refractivity contribution is -0.250. The van der Waals surface area contributed by atoms with Gasteiger partial charge in [0.1, 0.15) is 0 Å². The predicted octanol–water partition coefficient (Wildman–Crippen LogP) is 3.79. The van der Waals surface area contributed by atoms with Crippen LogP contribution in [0.15, 0.2) is 23.8 Å². The van der Waals surface area contributed by atoms with E-state index in [9.17, 15) is 30.3 Å². The number of aliphatic hydroxyl groups excluding tert-OH is 5. The predicted molar refractivity (Wildman–Crippen MR) is 148 cm³/mol. The van der Waals surface area contributed by atoms with Crippen molar-refractivity contribution < 1.29 is 30.3 Å². The van der Waals surface area contributed by atoms with Crippen molar-refractivity contribution in [1.29, 1.82) is 0 Å². The fraction of sp³-hybridized carbons (Fsp3) is 0.848. The minimum absolute atomic E-state index is 0.00944. The third kappa shape index (κ3) is 3.19. The van der Waals surface area contributed by atoms with Gasteiger partial charge in [0.15, 0.2) is 5.78 Å². The molecule has 0 spiro atoms. The van der Waals surface area contributed by atoms with Gasteiger partial charge in [0, 0.05) is 16.7 Å². The number of hydrogen-bond donors (Lipinski definition) is 5. The molecule has 5 N–H and O–H groups in total. The number of fused-ring (bicyclic) bond motifs is 7. The third-order valence-electron chi connectivity index (χ3n) is 14.3. The molecule has 7 aliphatic rings. The lowest BCUT2D eigenvalue weighted by Crippen LogP contribution is -2.71. The van der Waals surface area contributed by atoms with E-state index in [0.29, 0.717) is 19.3 Å². The van der Waals surface area contributed by atoms with Crippen LogP contribution in [0.5, 0.6) is 0 Å². The third-order valence-corrected chi connectivity index (χ3v) is 14.3. The fourth-order valence-electron chi connectivity index (χ4n) is 11.9. The van der Waals surface area contributed by atoms with E-state index in [1.807, 2.05) is 6.08 Å². The zero-order valence-corrected chi connectivity index (χ0v) is 24.5. The molecule has 0 saturated heterocycles. The van der Waals surface area contributed by atoms with E-state index in [-0.39, 0.29) is 41.5 Å². The first kappa shape index (κ1) is 28.1. The maximum absolute atomic E-state index is 14.6. The number of ketones is 1. The maximum Gasteiger partial charge on any atom is 0.159 e. The minimum atomic E-state index is -1.06. The molecule has 6 heteroatoms. The highest BCUT2D eigenvalue weighted by Crippen LogP contribution is 2.77. The second-order valence-corrected chi connectivity index (χ2v) is 16.0. The van der Waals surface area contributed by atoms with Crippen LogP contribution in [0.1, 0.15) is 86.0 Å². The van der Waals surface area contributed by atoms with Crippen LogP contribution in [0.4, 0.5) is 0 Å². The Balaban J connectivity index is 1.53. The summed E-state index contributed by atoms with van der Waals surface area (Å²) in [7, 11) is 0. The molecular weight excluding hydrogens is 492 g/mol. The summed E-state index contributed by atoms with van der Waals surface area (Å²) in [6.45, 7) is 10.8. The summed E-state index contributed by atoms with van der Waals surface area (Å²) in [5, 5.41) is 55.4. The van der Waals surface area contributed by atoms with Crippen LogP contribution < -0.4 is 0 Å². The largest absolute Gasteiger partial charge is 0.396 e. The van der Waals surface area contributed by atoms with Crippen LogP contribution in [-0.2, 0) is 4.79 Å². The highest BCUT2D eigenvalue weighted by molar-refractivity contribution is 5.95. The number of rotatable bonds is 3. The van der Waals surface area contributed by atoms with Gasteiger partial charge < -0.3 is 25.5 Å². The van der Waals surface area contributed by atoms with E-state index in [1.165, 1.54) is 0 Å². The Hall–Kier alpha value is -1.05. The van der Waals surface area contributed by atoms with Crippen LogP contribution in [-0.4, -0.2) is 62.8 Å². The monoisotopic (exact) mass is 542 g/mol. The topological polar surface area (TPSA) is 118 Å². The Labute approximate surface area is 233 Å². The summed E-state index contributed by atoms with van der Waals surface area (Å²) in [5.74, 6) is -0.358. The summed E-state index contributed by atoms with van der Waals surface area (Å²) in [6, 6.07) is 0. The molecule has 4 fully saturated rings. The number of allylic oxidation sites excluding steroid dienone is 4. The van der Waals surface area contributed by atoms with Crippen LogP contribution in [0.2, 0.25) is 0 Å². The standard InChI is InChI=1S/C33H50O6/c1-28(2)11-12-32(18-35)21(15-28)20-14-22(36)27-29(3,30(20,4)16-25(32)38)10-8-23-31(27,5)19-7-6-9-33(23,24(37)13-19)26(39)17-34/h6-7,14,19,21,23-27,34-35,37-39H,8-13,15-18H2,1-5H3. The van der Waals surface area contributed by atoms with Gasteiger partial charge >= 0.3 is 0 Å². The Bertz CT molecular complexity index is 1110. The summed E-state index contributed by atoms with van der Waals surface area (Å²) in [6.07, 6.45) is 9.30. The van der Waals surface area contributed by atoms with Gasteiger partial charge in [-0.25, -0.2) is 0 Å². The molecule has 218 valence electrons. The lowest BCUT2D eigenvalue weighted by atomic mass is 9.31. The van der Waals surface area contributed by atoms with Gasteiger partial charge in [-0.05, 0) is 96.9 Å². The average molecular weight is 543 g/mol. The molecule has 12 unspecified atom stereocenters. The van der Waals surface area contributed by atoms with Gasteiger partial charge in [-0.2, -0.15) is 0 Å². The molecule has 0 heterocycles. The second-order valence-electron chi connectivity index (χ2n) is 16.0. The molecule has 6 nitrogen and oxygen atoms in total. The molecule has 39 heavy (non-hydrogen) atoms. The normalized spacial score (nSPS) is 54.5. The maximum atomic E-state index is 14.6. The quantitative estimate of drug-likeness (QED) is 0.347. The van der Waals surface area contributed by atoms with Gasteiger partial charge in [-0.15, -0.1) is 0 Å². The molecule has 7 rings (SSSR count). The van der Waals surface area contributed by atoms with E-state index < -0.39 is 52.0 Å². The Morgan fingerprint density at radius 2 is 1.72 bits per heavy atom. The van der Waals surface area contributed by atoms with Gasteiger partial charge in [0.05, 0.1) is 31.5 Å². The van der Waals surface area contributed by atoms with Crippen molar-refractivity contribution in [3.05, 3.63) is 23.8 Å². The summed E-state index contributed by atoms with van der Waals surface area (Å²) < 4.78 is 0. The molecular formula is C33H50O6. The van der Waals surface area contributed by atoms with Crippen molar-refractivity contribution in [2.24, 2.45) is 56.2 Å². The van der Waals surface area contributed by atoms with Crippen molar-refractivity contribution in [3.63, 3.8) is 0 Å². The molecule has 4 saturated carbocycles. The lowest BCUT2D eigenvalue weighted by Gasteiger charge is -2.72. The van der Waals surface area contributed by atoms with Crippen LogP contribution in [0.25, 0.3) is 0 Å². The second kappa shape index (κ2) is 8.50. The van der Waals surface area contributed by atoms with Crippen LogP contribution in [0.3, 0.4) is 0 Å². The molecule has 12 atom stereocenters. The SMILES string of the molecule is CC1(C)CCC2(CO)C(O)CC3(C)C(=CC(=O)C4C5(C)C6C=CCC(C(O)CO)(C(O)C6)C5CCC43C)C2C1. The average Bonchev–Trinajstić information content (AvgIpc) is 3.12. The van der Waals surface area contributed by atoms with Crippen LogP contribution in [0, 0.1) is 56.2 Å². The molecule has 2 bridgehead atoms. The van der Waals surface area contributed by atoms with E-state index in [0.717, 1.165) is 37.7 Å². The van der Waals surface area contributed by atoms with Crippen molar-refractivity contribution >= 4 is 5.78 Å². The zero-order chi connectivity index (χ0) is 28.4. The minimum Gasteiger partial charge on any atom is -0.396 e. The van der Waals surface area contributed by atoms with E-state index in [4.69, 9.17) is 0 Å². The number of carbonyl (C=O) groups is 1. The fourth-order valence-corrected chi connectivity index (χ4v) is 11.9. The highest BCUT2D eigenvalue weighted by Gasteiger charge is 2.74. The summed E-state index contributed by atoms with van der Waals surface area (Å²) in [4.78, 5) is 14.6. The summed E-state index contributed by atoms with van der Waals surface area (Å²) >= 11 is 0. The molecule has 0 amide bonds. The van der Waals surface area contributed by atoms with Gasteiger partial charge in [0.2, 0.25) is 0 Å². The first-order valence-electron chi connectivity index (χ1n) is 15.4. The Kier molecular flexibility index (Phi) is 6.12. The Morgan fingerprint density at radius 1 is 1.00 bits per heavy atom. The molecule has 0 aromatic rings. The van der Waals surface area contributed by atoms with Crippen molar-refractivity contribution in [2.75, 3.05) is 13.2 Å². The zero-order valence-electron chi connectivity index (χ0n) is 24.5. The number of hydrogen-bond acceptors (Lipinski definition) is 6. The van der Waals surface area contributed by atoms with Crippen molar-refractivity contribution in [3.8, 4) is 0 Å². The van der Waals surface area contributed by atoms with Gasteiger partial charge in [0.25, 0.3) is 0 Å². The van der Waals surface area contributed by atoms with E-state index in [1.54, 1.807) is 0 Å². The number of aliphatic hydroxyl groups is 5. The smallest absolute Gasteiger partial charge is 0.159 e. The first-order chi connectivity index (χ1) is 18.2. The van der Waals surface area contributed by atoms with Crippen LogP contribution >= 0.6 is 0 Å². The number of carbonyl (C=O) groups excluding carboxylic acids is 1. The summed E-state index contributed by atoms with van der Waals surface area (Å²) in [5.41, 5.74) is -1.61. The van der Waals surface area contributed by atoms with Gasteiger partial charge in [-0.3, -0.25) is 4.79 Å². The first-order valence-corrected chi connectivity index (χ1v) is 15.4. The highest BCUT2D eigenvalue weighted by atomic mass is 16.3. The molecule has 0 radical (unpaired) electrons. The van der Waals surface area contributed by atoms with E-state index >= 15 is 0 Å². The van der Waals surface area contributed by atoms with Crippen molar-refractivity contribution in [1.82, 2.24) is 0 Å². The molecule has 0 aliphatic heterocycles. The molecule has 0 aromatic carbocycles. The Morgan fingerprint density at radius 3 is 2.38 bits per heavy atom. The van der Waals surface area contributed by atoms with Crippen molar-refractivity contribution in [2.45, 2.75) is 104 Å². The molecule has 0 aromatic heterocycles. The van der Waals surface area contributed by atoms with E-state index in [2.05, 4.69) is 46.8 Å².